The first-order valence-electron chi connectivity index (χ1n) is 5.77. The third-order valence-electron chi connectivity index (χ3n) is 2.52. The van der Waals surface area contributed by atoms with Crippen LogP contribution in [0.5, 0.6) is 0 Å². The number of thiocarbonyl (C=S) groups is 1. The van der Waals surface area contributed by atoms with E-state index in [0.29, 0.717) is 37.5 Å². The van der Waals surface area contributed by atoms with Gasteiger partial charge in [0.2, 0.25) is 0 Å². The summed E-state index contributed by atoms with van der Waals surface area (Å²) in [7, 11) is 1.60. The molecule has 0 aliphatic rings. The van der Waals surface area contributed by atoms with Gasteiger partial charge in [-0.1, -0.05) is 25.6 Å². The molecule has 0 saturated carbocycles. The summed E-state index contributed by atoms with van der Waals surface area (Å²) in [6, 6.07) is -0.482. The lowest BCUT2D eigenvalue weighted by molar-refractivity contribution is -0.143. The molecule has 6 heteroatoms. The number of nitrogens with zero attached hydrogens (tertiary/aromatic N) is 1. The molecule has 0 bridgehead atoms. The van der Waals surface area contributed by atoms with Gasteiger partial charge in [-0.25, -0.2) is 0 Å². The van der Waals surface area contributed by atoms with Crippen molar-refractivity contribution in [2.45, 2.75) is 32.2 Å². The number of hydrogen-bond donors (Lipinski definition) is 2. The molecule has 5 nitrogen and oxygen atoms in total. The molecular formula is C11H22N2O3S. The van der Waals surface area contributed by atoms with Gasteiger partial charge in [-0.15, -0.1) is 0 Å². The van der Waals surface area contributed by atoms with E-state index >= 15 is 0 Å². The van der Waals surface area contributed by atoms with Crippen molar-refractivity contribution < 1.29 is 14.6 Å². The molecule has 1 atom stereocenters. The molecule has 0 fully saturated rings. The number of carboxylic acids is 1. The fourth-order valence-electron chi connectivity index (χ4n) is 1.62. The second kappa shape index (κ2) is 9.32. The zero-order valence-corrected chi connectivity index (χ0v) is 11.3. The molecule has 0 radical (unpaired) electrons. The summed E-state index contributed by atoms with van der Waals surface area (Å²) in [4.78, 5) is 13.5. The van der Waals surface area contributed by atoms with Crippen molar-refractivity contribution in [2.24, 2.45) is 5.73 Å². The Bertz CT molecular complexity index is 249. The van der Waals surface area contributed by atoms with Gasteiger partial charge in [0.05, 0.1) is 11.6 Å². The average Bonchev–Trinajstić information content (AvgIpc) is 2.26. The molecule has 17 heavy (non-hydrogen) atoms. The summed E-state index contributed by atoms with van der Waals surface area (Å²) >= 11 is 4.82. The van der Waals surface area contributed by atoms with E-state index in [0.717, 1.165) is 6.42 Å². The zero-order chi connectivity index (χ0) is 13.3. The SMILES string of the molecule is CCCC(C(=O)O)N(CCOC)CCC(N)=S. The summed E-state index contributed by atoms with van der Waals surface area (Å²) in [6.07, 6.45) is 1.98. The van der Waals surface area contributed by atoms with Gasteiger partial charge >= 0.3 is 5.97 Å². The molecule has 0 aromatic heterocycles. The summed E-state index contributed by atoms with van der Waals surface area (Å²) in [5.74, 6) is -0.800. The number of nitrogens with two attached hydrogens (primary N) is 1. The maximum absolute atomic E-state index is 11.2. The Morgan fingerprint density at radius 3 is 2.59 bits per heavy atom. The van der Waals surface area contributed by atoms with E-state index in [-0.39, 0.29) is 0 Å². The van der Waals surface area contributed by atoms with Crippen LogP contribution in [0.1, 0.15) is 26.2 Å². The van der Waals surface area contributed by atoms with E-state index in [1.54, 1.807) is 7.11 Å². The van der Waals surface area contributed by atoms with Crippen molar-refractivity contribution in [3.8, 4) is 0 Å². The van der Waals surface area contributed by atoms with Crippen molar-refractivity contribution in [2.75, 3.05) is 26.8 Å². The number of carboxylic acid groups (broad SMARTS) is 1. The number of hydrogen-bond acceptors (Lipinski definition) is 4. The fourth-order valence-corrected chi connectivity index (χ4v) is 1.71. The molecule has 0 rings (SSSR count). The first kappa shape index (κ1) is 16.3. The highest BCUT2D eigenvalue weighted by Gasteiger charge is 2.24. The fraction of sp³-hybridized carbons (Fsp3) is 0.818. The second-order valence-electron chi connectivity index (χ2n) is 3.89. The lowest BCUT2D eigenvalue weighted by Crippen LogP contribution is -2.44. The van der Waals surface area contributed by atoms with E-state index in [9.17, 15) is 9.90 Å². The van der Waals surface area contributed by atoms with Crippen LogP contribution >= 0.6 is 12.2 Å². The van der Waals surface area contributed by atoms with Crippen LogP contribution in [0.15, 0.2) is 0 Å². The van der Waals surface area contributed by atoms with Gasteiger partial charge in [0.15, 0.2) is 0 Å². The highest BCUT2D eigenvalue weighted by Crippen LogP contribution is 2.08. The van der Waals surface area contributed by atoms with Crippen LogP contribution in [0.4, 0.5) is 0 Å². The summed E-state index contributed by atoms with van der Waals surface area (Å²) in [5, 5.41) is 9.19. The van der Waals surface area contributed by atoms with Crippen LogP contribution in [-0.4, -0.2) is 53.8 Å². The number of aliphatic carboxylic acids is 1. The lowest BCUT2D eigenvalue weighted by atomic mass is 10.1. The average molecular weight is 262 g/mol. The Hall–Kier alpha value is -0.720. The van der Waals surface area contributed by atoms with Crippen molar-refractivity contribution in [1.29, 1.82) is 0 Å². The largest absolute Gasteiger partial charge is 0.480 e. The van der Waals surface area contributed by atoms with Crippen molar-refractivity contribution in [3.05, 3.63) is 0 Å². The van der Waals surface area contributed by atoms with Gasteiger partial charge in [-0.2, -0.15) is 0 Å². The van der Waals surface area contributed by atoms with Crippen molar-refractivity contribution >= 4 is 23.2 Å². The highest BCUT2D eigenvalue weighted by atomic mass is 32.1. The maximum Gasteiger partial charge on any atom is 0.320 e. The Morgan fingerprint density at radius 1 is 1.53 bits per heavy atom. The summed E-state index contributed by atoms with van der Waals surface area (Å²) < 4.78 is 4.99. The predicted molar refractivity (Wildman–Crippen MR) is 71.2 cm³/mol. The van der Waals surface area contributed by atoms with Crippen LogP contribution < -0.4 is 5.73 Å². The Morgan fingerprint density at radius 2 is 2.18 bits per heavy atom. The molecule has 0 amide bonds. The molecule has 0 aliphatic carbocycles. The van der Waals surface area contributed by atoms with Gasteiger partial charge in [-0.3, -0.25) is 9.69 Å². The van der Waals surface area contributed by atoms with E-state index in [1.807, 2.05) is 11.8 Å². The third kappa shape index (κ3) is 7.25. The third-order valence-corrected chi connectivity index (χ3v) is 2.72. The molecule has 100 valence electrons. The lowest BCUT2D eigenvalue weighted by Gasteiger charge is -2.28. The Balaban J connectivity index is 4.47. The first-order chi connectivity index (χ1) is 8.02. The molecule has 0 aromatic rings. The molecule has 0 aliphatic heterocycles. The van der Waals surface area contributed by atoms with Crippen LogP contribution in [0.25, 0.3) is 0 Å². The number of carbonyl (C=O) groups is 1. The molecular weight excluding hydrogens is 240 g/mol. The maximum atomic E-state index is 11.2. The highest BCUT2D eigenvalue weighted by molar-refractivity contribution is 7.80. The second-order valence-corrected chi connectivity index (χ2v) is 4.41. The molecule has 0 saturated heterocycles. The number of rotatable bonds is 10. The molecule has 3 N–H and O–H groups in total. The van der Waals surface area contributed by atoms with Gasteiger partial charge in [0, 0.05) is 26.6 Å². The van der Waals surface area contributed by atoms with E-state index in [4.69, 9.17) is 22.7 Å². The minimum absolute atomic E-state index is 0.410. The van der Waals surface area contributed by atoms with Crippen LogP contribution in [0.3, 0.4) is 0 Å². The van der Waals surface area contributed by atoms with Crippen molar-refractivity contribution in [3.63, 3.8) is 0 Å². The smallest absolute Gasteiger partial charge is 0.320 e. The van der Waals surface area contributed by atoms with Crippen LogP contribution in [0, 0.1) is 0 Å². The predicted octanol–water partition coefficient (Wildman–Crippen LogP) is 0.864. The standard InChI is InChI=1S/C11H22N2O3S/c1-3-4-9(11(14)15)13(7-8-16-2)6-5-10(12)17/h9H,3-8H2,1-2H3,(H2,12,17)(H,14,15). The van der Waals surface area contributed by atoms with E-state index in [1.165, 1.54) is 0 Å². The van der Waals surface area contributed by atoms with Gasteiger partial charge in [0.25, 0.3) is 0 Å². The molecule has 0 spiro atoms. The minimum Gasteiger partial charge on any atom is -0.480 e. The van der Waals surface area contributed by atoms with Crippen LogP contribution in [-0.2, 0) is 9.53 Å². The van der Waals surface area contributed by atoms with Gasteiger partial charge in [-0.05, 0) is 6.42 Å². The summed E-state index contributed by atoms with van der Waals surface area (Å²) in [6.45, 7) is 3.62. The molecule has 1 unspecified atom stereocenters. The normalized spacial score (nSPS) is 12.6. The molecule has 0 heterocycles. The Labute approximate surface area is 108 Å². The quantitative estimate of drug-likeness (QED) is 0.569. The number of methoxy groups -OCH3 is 1. The molecule has 0 aromatic carbocycles. The van der Waals surface area contributed by atoms with E-state index < -0.39 is 12.0 Å². The monoisotopic (exact) mass is 262 g/mol. The van der Waals surface area contributed by atoms with Crippen molar-refractivity contribution in [1.82, 2.24) is 4.90 Å². The van der Waals surface area contributed by atoms with Crippen LogP contribution in [0.2, 0.25) is 0 Å². The van der Waals surface area contributed by atoms with Gasteiger partial charge < -0.3 is 15.6 Å². The van der Waals surface area contributed by atoms with Gasteiger partial charge in [0.1, 0.15) is 6.04 Å². The Kier molecular flexibility index (Phi) is 8.93. The topological polar surface area (TPSA) is 75.8 Å². The minimum atomic E-state index is -0.800. The first-order valence-corrected chi connectivity index (χ1v) is 6.17. The zero-order valence-electron chi connectivity index (χ0n) is 10.5. The van der Waals surface area contributed by atoms with E-state index in [2.05, 4.69) is 0 Å². The number of ether oxygens (including phenoxy) is 1. The summed E-state index contributed by atoms with van der Waals surface area (Å²) in [5.41, 5.74) is 5.45.